The Morgan fingerprint density at radius 2 is 1.93 bits per heavy atom. The second-order valence-electron chi connectivity index (χ2n) is 7.71. The third-order valence-corrected chi connectivity index (χ3v) is 6.00. The summed E-state index contributed by atoms with van der Waals surface area (Å²) < 4.78 is 40.5. The van der Waals surface area contributed by atoms with Crippen LogP contribution in [0.15, 0.2) is 24.3 Å². The molecule has 154 valence electrons. The van der Waals surface area contributed by atoms with Gasteiger partial charge in [0.2, 0.25) is 5.91 Å². The molecule has 28 heavy (non-hydrogen) atoms. The van der Waals surface area contributed by atoms with Gasteiger partial charge in [0, 0.05) is 23.6 Å². The maximum absolute atomic E-state index is 12.4. The number of amides is 2. The lowest BCUT2D eigenvalue weighted by atomic mass is 9.67. The van der Waals surface area contributed by atoms with Gasteiger partial charge in [0.1, 0.15) is 5.75 Å². The Balaban J connectivity index is 1.58. The minimum atomic E-state index is -4.76. The number of hydrogen-bond acceptors (Lipinski definition) is 3. The molecule has 1 aliphatic carbocycles. The van der Waals surface area contributed by atoms with Crippen molar-refractivity contribution in [2.24, 2.45) is 17.8 Å². The van der Waals surface area contributed by atoms with Crippen LogP contribution in [0.2, 0.25) is 0 Å². The number of ether oxygens (including phenoxy) is 1. The van der Waals surface area contributed by atoms with E-state index in [0.29, 0.717) is 18.3 Å². The molecule has 1 saturated heterocycles. The molecular formula is C20H25F3N2O3. The van der Waals surface area contributed by atoms with E-state index in [2.05, 4.69) is 22.3 Å². The van der Waals surface area contributed by atoms with Crippen LogP contribution in [0.3, 0.4) is 0 Å². The average Bonchev–Trinajstić information content (AvgIpc) is 2.61. The Labute approximate surface area is 162 Å². The maximum atomic E-state index is 12.4. The molecule has 0 radical (unpaired) electrons. The average molecular weight is 398 g/mol. The van der Waals surface area contributed by atoms with Crippen LogP contribution in [0.25, 0.3) is 0 Å². The van der Waals surface area contributed by atoms with Crippen LogP contribution in [-0.4, -0.2) is 30.3 Å². The molecule has 0 spiro atoms. The monoisotopic (exact) mass is 398 g/mol. The molecule has 2 N–H and O–H groups in total. The van der Waals surface area contributed by atoms with Crippen molar-refractivity contribution in [3.63, 3.8) is 0 Å². The fraction of sp³-hybridized carbons (Fsp3) is 0.600. The van der Waals surface area contributed by atoms with Crippen LogP contribution in [0.1, 0.15) is 49.9 Å². The number of halogens is 3. The summed E-state index contributed by atoms with van der Waals surface area (Å²) in [5, 5.41) is 6.05. The molecule has 8 heteroatoms. The quantitative estimate of drug-likeness (QED) is 0.814. The molecule has 1 saturated carbocycles. The highest BCUT2D eigenvalue weighted by Crippen LogP contribution is 2.39. The summed E-state index contributed by atoms with van der Waals surface area (Å²) in [5.74, 6) is 0.155. The minimum absolute atomic E-state index is 0.0461. The topological polar surface area (TPSA) is 67.4 Å². The molecule has 1 heterocycles. The first-order valence-corrected chi connectivity index (χ1v) is 9.65. The summed E-state index contributed by atoms with van der Waals surface area (Å²) in [6, 6.07) is 4.81. The molecule has 1 aliphatic heterocycles. The van der Waals surface area contributed by atoms with E-state index < -0.39 is 6.36 Å². The molecule has 5 unspecified atom stereocenters. The van der Waals surface area contributed by atoms with Gasteiger partial charge in [0.15, 0.2) is 0 Å². The standard InChI is InChI=1S/C20H25F3N2O3/c1-3-15-11(2)16-9-6-13(10-17(16)25-19(15)27)24-18(26)12-4-7-14(8-5-12)28-20(21,22)23/h4-5,7-8,11,13,15-17H,3,6,9-10H2,1-2H3,(H,24,26)(H,25,27). The summed E-state index contributed by atoms with van der Waals surface area (Å²) >= 11 is 0. The van der Waals surface area contributed by atoms with Crippen LogP contribution in [0.4, 0.5) is 13.2 Å². The van der Waals surface area contributed by atoms with Crippen molar-refractivity contribution in [1.29, 1.82) is 0 Å². The van der Waals surface area contributed by atoms with E-state index in [1.807, 2.05) is 6.92 Å². The van der Waals surface area contributed by atoms with E-state index in [-0.39, 0.29) is 41.1 Å². The largest absolute Gasteiger partial charge is 0.573 e. The third-order valence-electron chi connectivity index (χ3n) is 6.00. The molecule has 1 aromatic carbocycles. The smallest absolute Gasteiger partial charge is 0.406 e. The second-order valence-corrected chi connectivity index (χ2v) is 7.71. The lowest BCUT2D eigenvalue weighted by molar-refractivity contribution is -0.274. The molecule has 0 bridgehead atoms. The van der Waals surface area contributed by atoms with Gasteiger partial charge in [-0.15, -0.1) is 13.2 Å². The van der Waals surface area contributed by atoms with Crippen LogP contribution >= 0.6 is 0 Å². The van der Waals surface area contributed by atoms with Crippen LogP contribution in [0.5, 0.6) is 5.75 Å². The highest BCUT2D eigenvalue weighted by atomic mass is 19.4. The highest BCUT2D eigenvalue weighted by Gasteiger charge is 2.43. The summed E-state index contributed by atoms with van der Waals surface area (Å²) in [5.41, 5.74) is 0.267. The Morgan fingerprint density at radius 3 is 2.54 bits per heavy atom. The fourth-order valence-corrected chi connectivity index (χ4v) is 4.58. The van der Waals surface area contributed by atoms with Gasteiger partial charge in [0.25, 0.3) is 5.91 Å². The lowest BCUT2D eigenvalue weighted by Crippen LogP contribution is -2.58. The zero-order valence-corrected chi connectivity index (χ0v) is 15.9. The van der Waals surface area contributed by atoms with Crippen molar-refractivity contribution in [2.75, 3.05) is 0 Å². The zero-order valence-electron chi connectivity index (χ0n) is 15.9. The van der Waals surface area contributed by atoms with E-state index in [1.165, 1.54) is 12.1 Å². The van der Waals surface area contributed by atoms with Crippen LogP contribution < -0.4 is 15.4 Å². The van der Waals surface area contributed by atoms with E-state index in [1.54, 1.807) is 0 Å². The van der Waals surface area contributed by atoms with Gasteiger partial charge < -0.3 is 15.4 Å². The van der Waals surface area contributed by atoms with Gasteiger partial charge in [-0.3, -0.25) is 9.59 Å². The van der Waals surface area contributed by atoms with Crippen molar-refractivity contribution < 1.29 is 27.5 Å². The van der Waals surface area contributed by atoms with Gasteiger partial charge in [0.05, 0.1) is 0 Å². The number of carbonyl (C=O) groups is 2. The van der Waals surface area contributed by atoms with Crippen molar-refractivity contribution in [3.05, 3.63) is 29.8 Å². The number of fused-ring (bicyclic) bond motifs is 1. The Morgan fingerprint density at radius 1 is 1.25 bits per heavy atom. The van der Waals surface area contributed by atoms with Crippen LogP contribution in [-0.2, 0) is 4.79 Å². The molecule has 2 aliphatic rings. The van der Waals surface area contributed by atoms with Gasteiger partial charge >= 0.3 is 6.36 Å². The number of hydrogen-bond donors (Lipinski definition) is 2. The number of benzene rings is 1. The predicted octanol–water partition coefficient (Wildman–Crippen LogP) is 3.64. The highest BCUT2D eigenvalue weighted by molar-refractivity contribution is 5.94. The SMILES string of the molecule is CCC1C(=O)NC2CC(NC(=O)c3ccc(OC(F)(F)F)cc3)CCC2C1C. The molecule has 2 fully saturated rings. The van der Waals surface area contributed by atoms with Crippen molar-refractivity contribution in [1.82, 2.24) is 10.6 Å². The van der Waals surface area contributed by atoms with E-state index in [9.17, 15) is 22.8 Å². The molecule has 2 amide bonds. The second kappa shape index (κ2) is 8.01. The van der Waals surface area contributed by atoms with E-state index in [4.69, 9.17) is 0 Å². The number of carbonyl (C=O) groups excluding carboxylic acids is 2. The van der Waals surface area contributed by atoms with Crippen molar-refractivity contribution in [3.8, 4) is 5.75 Å². The summed E-state index contributed by atoms with van der Waals surface area (Å²) in [7, 11) is 0. The lowest BCUT2D eigenvalue weighted by Gasteiger charge is -2.46. The fourth-order valence-electron chi connectivity index (χ4n) is 4.58. The van der Waals surface area contributed by atoms with Gasteiger partial charge in [-0.2, -0.15) is 0 Å². The minimum Gasteiger partial charge on any atom is -0.406 e. The normalized spacial score (nSPS) is 30.2. The number of rotatable bonds is 4. The Bertz CT molecular complexity index is 720. The third kappa shape index (κ3) is 4.59. The number of nitrogens with one attached hydrogen (secondary N) is 2. The number of alkyl halides is 3. The number of piperidine rings is 1. The molecule has 3 rings (SSSR count). The molecule has 5 atom stereocenters. The maximum Gasteiger partial charge on any atom is 0.573 e. The first kappa shape index (κ1) is 20.5. The zero-order chi connectivity index (χ0) is 20.5. The van der Waals surface area contributed by atoms with Gasteiger partial charge in [-0.25, -0.2) is 0 Å². The first-order valence-electron chi connectivity index (χ1n) is 9.65. The first-order chi connectivity index (χ1) is 13.2. The Hall–Kier alpha value is -2.25. The predicted molar refractivity (Wildman–Crippen MR) is 96.6 cm³/mol. The summed E-state index contributed by atoms with van der Waals surface area (Å²) in [6.45, 7) is 4.16. The van der Waals surface area contributed by atoms with Gasteiger partial charge in [-0.05, 0) is 61.8 Å². The van der Waals surface area contributed by atoms with E-state index >= 15 is 0 Å². The Kier molecular flexibility index (Phi) is 5.86. The summed E-state index contributed by atoms with van der Waals surface area (Å²) in [4.78, 5) is 24.7. The molecular weight excluding hydrogens is 373 g/mol. The van der Waals surface area contributed by atoms with Crippen molar-refractivity contribution in [2.45, 2.75) is 58.0 Å². The van der Waals surface area contributed by atoms with Gasteiger partial charge in [-0.1, -0.05) is 13.8 Å². The van der Waals surface area contributed by atoms with Crippen molar-refractivity contribution >= 4 is 11.8 Å². The van der Waals surface area contributed by atoms with Crippen LogP contribution in [0, 0.1) is 17.8 Å². The van der Waals surface area contributed by atoms with E-state index in [0.717, 1.165) is 31.4 Å². The molecule has 1 aromatic rings. The summed E-state index contributed by atoms with van der Waals surface area (Å²) in [6.07, 6.45) is -1.53. The molecule has 5 nitrogen and oxygen atoms in total. The molecule has 0 aromatic heterocycles.